The van der Waals surface area contributed by atoms with Crippen LogP contribution in [0.1, 0.15) is 16.7 Å². The van der Waals surface area contributed by atoms with E-state index in [0.29, 0.717) is 17.0 Å². The molecule has 0 atom stereocenters. The third kappa shape index (κ3) is 4.70. The van der Waals surface area contributed by atoms with Crippen molar-refractivity contribution in [3.05, 3.63) is 71.3 Å². The zero-order valence-corrected chi connectivity index (χ0v) is 10.4. The Balaban J connectivity index is 0.000000184. The van der Waals surface area contributed by atoms with Gasteiger partial charge in [0.25, 0.3) is 0 Å². The maximum absolute atomic E-state index is 8.42. The third-order valence-electron chi connectivity index (χ3n) is 2.14. The fraction of sp³-hybridized carbons (Fsp3) is 0.0667. The molecule has 0 spiro atoms. The molecule has 0 bridgehead atoms. The molecule has 3 heteroatoms. The monoisotopic (exact) mass is 254 g/mol. The van der Waals surface area contributed by atoms with Crippen LogP contribution in [-0.4, -0.2) is 0 Å². The molecule has 0 aliphatic rings. The second kappa shape index (κ2) is 7.90. The lowest BCUT2D eigenvalue weighted by atomic mass is 10.2. The molecule has 88 valence electrons. The number of halogens is 1. The minimum Gasteiger partial charge on any atom is -0.192 e. The van der Waals surface area contributed by atoms with E-state index in [1.54, 1.807) is 24.3 Å². The number of rotatable bonds is 1. The minimum atomic E-state index is 0.506. The van der Waals surface area contributed by atoms with E-state index >= 15 is 0 Å². The second-order valence-corrected chi connectivity index (χ2v) is 3.69. The quantitative estimate of drug-likeness (QED) is 0.726. The highest BCUT2D eigenvalue weighted by molar-refractivity contribution is 6.17. The van der Waals surface area contributed by atoms with Gasteiger partial charge in [0.2, 0.25) is 0 Å². The summed E-state index contributed by atoms with van der Waals surface area (Å²) in [6, 6.07) is 20.4. The lowest BCUT2D eigenvalue weighted by Gasteiger charge is -1.91. The number of nitriles is 2. The third-order valence-corrected chi connectivity index (χ3v) is 2.45. The average molecular weight is 255 g/mol. The summed E-state index contributed by atoms with van der Waals surface area (Å²) in [7, 11) is 0. The topological polar surface area (TPSA) is 47.6 Å². The number of benzene rings is 2. The maximum atomic E-state index is 8.42. The van der Waals surface area contributed by atoms with Crippen molar-refractivity contribution in [3.63, 3.8) is 0 Å². The van der Waals surface area contributed by atoms with Crippen LogP contribution in [0.15, 0.2) is 54.6 Å². The molecule has 0 amide bonds. The van der Waals surface area contributed by atoms with Gasteiger partial charge in [-0.25, -0.2) is 0 Å². The van der Waals surface area contributed by atoms with Gasteiger partial charge in [-0.05, 0) is 29.8 Å². The Labute approximate surface area is 112 Å². The van der Waals surface area contributed by atoms with E-state index < -0.39 is 0 Å². The summed E-state index contributed by atoms with van der Waals surface area (Å²) in [5.74, 6) is 0.506. The first-order valence-corrected chi connectivity index (χ1v) is 5.83. The van der Waals surface area contributed by atoms with Crippen LogP contribution >= 0.6 is 11.6 Å². The first kappa shape index (κ1) is 13.8. The van der Waals surface area contributed by atoms with Gasteiger partial charge in [0, 0.05) is 5.88 Å². The van der Waals surface area contributed by atoms with Crippen LogP contribution in [0.4, 0.5) is 0 Å². The Hall–Kier alpha value is -2.29. The van der Waals surface area contributed by atoms with E-state index in [0.717, 1.165) is 5.56 Å². The molecule has 0 aliphatic heterocycles. The molecule has 0 radical (unpaired) electrons. The van der Waals surface area contributed by atoms with Gasteiger partial charge in [-0.2, -0.15) is 10.5 Å². The standard InChI is InChI=1S/C8H6ClN.C7H5N/c9-5-7-1-3-8(6-10)4-2-7;8-6-7-4-2-1-3-5-7/h1-4H,5H2;1-5H. The summed E-state index contributed by atoms with van der Waals surface area (Å²) >= 11 is 5.54. The first-order valence-electron chi connectivity index (χ1n) is 5.30. The summed E-state index contributed by atoms with van der Waals surface area (Å²) in [6.07, 6.45) is 0. The molecular weight excluding hydrogens is 244 g/mol. The molecule has 0 aliphatic carbocycles. The van der Waals surface area contributed by atoms with E-state index in [9.17, 15) is 0 Å². The molecule has 0 aromatic heterocycles. The van der Waals surface area contributed by atoms with E-state index in [4.69, 9.17) is 22.1 Å². The molecule has 0 saturated carbocycles. The Kier molecular flexibility index (Phi) is 6.04. The minimum absolute atomic E-state index is 0.506. The van der Waals surface area contributed by atoms with Crippen LogP contribution in [0.25, 0.3) is 0 Å². The molecule has 0 N–H and O–H groups in total. The number of alkyl halides is 1. The Bertz CT molecular complexity index is 548. The van der Waals surface area contributed by atoms with Crippen molar-refractivity contribution in [2.45, 2.75) is 5.88 Å². The molecule has 0 fully saturated rings. The molecule has 2 aromatic carbocycles. The Morgan fingerprint density at radius 2 is 1.28 bits per heavy atom. The van der Waals surface area contributed by atoms with Gasteiger partial charge in [0.15, 0.2) is 0 Å². The Morgan fingerprint density at radius 3 is 1.67 bits per heavy atom. The Morgan fingerprint density at radius 1 is 0.778 bits per heavy atom. The fourth-order valence-corrected chi connectivity index (χ4v) is 1.36. The molecular formula is C15H11ClN2. The number of hydrogen-bond acceptors (Lipinski definition) is 2. The fourth-order valence-electron chi connectivity index (χ4n) is 1.18. The molecule has 0 unspecified atom stereocenters. The lowest BCUT2D eigenvalue weighted by Crippen LogP contribution is -1.77. The smallest absolute Gasteiger partial charge is 0.0991 e. The zero-order valence-electron chi connectivity index (χ0n) is 9.68. The lowest BCUT2D eigenvalue weighted by molar-refractivity contribution is 1.38. The van der Waals surface area contributed by atoms with Gasteiger partial charge in [0.1, 0.15) is 0 Å². The summed E-state index contributed by atoms with van der Waals surface area (Å²) in [5, 5.41) is 16.7. The molecule has 2 aromatic rings. The van der Waals surface area contributed by atoms with E-state index in [2.05, 4.69) is 0 Å². The number of nitrogens with zero attached hydrogens (tertiary/aromatic N) is 2. The van der Waals surface area contributed by atoms with E-state index in [1.807, 2.05) is 42.5 Å². The van der Waals surface area contributed by atoms with Gasteiger partial charge in [0.05, 0.1) is 23.3 Å². The highest BCUT2D eigenvalue weighted by Crippen LogP contribution is 2.05. The SMILES string of the molecule is N#Cc1ccc(CCl)cc1.N#Cc1ccccc1. The van der Waals surface area contributed by atoms with Crippen molar-refractivity contribution in [2.24, 2.45) is 0 Å². The van der Waals surface area contributed by atoms with Gasteiger partial charge in [-0.1, -0.05) is 30.3 Å². The van der Waals surface area contributed by atoms with Gasteiger partial charge >= 0.3 is 0 Å². The molecule has 0 saturated heterocycles. The summed E-state index contributed by atoms with van der Waals surface area (Å²) in [6.45, 7) is 0. The van der Waals surface area contributed by atoms with E-state index in [1.165, 1.54) is 0 Å². The van der Waals surface area contributed by atoms with Crippen LogP contribution in [0.5, 0.6) is 0 Å². The molecule has 2 rings (SSSR count). The largest absolute Gasteiger partial charge is 0.192 e. The highest BCUT2D eigenvalue weighted by atomic mass is 35.5. The molecule has 0 heterocycles. The maximum Gasteiger partial charge on any atom is 0.0991 e. The van der Waals surface area contributed by atoms with Gasteiger partial charge in [-0.15, -0.1) is 11.6 Å². The van der Waals surface area contributed by atoms with Crippen molar-refractivity contribution < 1.29 is 0 Å². The normalized spacial score (nSPS) is 8.39. The van der Waals surface area contributed by atoms with Crippen molar-refractivity contribution in [3.8, 4) is 12.1 Å². The van der Waals surface area contributed by atoms with Crippen molar-refractivity contribution in [2.75, 3.05) is 0 Å². The summed E-state index contributed by atoms with van der Waals surface area (Å²) < 4.78 is 0. The van der Waals surface area contributed by atoms with Crippen LogP contribution in [0.2, 0.25) is 0 Å². The predicted molar refractivity (Wildman–Crippen MR) is 71.9 cm³/mol. The van der Waals surface area contributed by atoms with Gasteiger partial charge < -0.3 is 0 Å². The highest BCUT2D eigenvalue weighted by Gasteiger charge is 1.89. The first-order chi connectivity index (χ1) is 8.80. The zero-order chi connectivity index (χ0) is 13.2. The predicted octanol–water partition coefficient (Wildman–Crippen LogP) is 3.86. The van der Waals surface area contributed by atoms with Crippen molar-refractivity contribution >= 4 is 11.6 Å². The second-order valence-electron chi connectivity index (χ2n) is 3.42. The van der Waals surface area contributed by atoms with E-state index in [-0.39, 0.29) is 0 Å². The van der Waals surface area contributed by atoms with Crippen LogP contribution in [0, 0.1) is 22.7 Å². The van der Waals surface area contributed by atoms with Crippen LogP contribution in [-0.2, 0) is 5.88 Å². The van der Waals surface area contributed by atoms with Gasteiger partial charge in [-0.3, -0.25) is 0 Å². The average Bonchev–Trinajstić information content (AvgIpc) is 2.49. The molecule has 18 heavy (non-hydrogen) atoms. The summed E-state index contributed by atoms with van der Waals surface area (Å²) in [5.41, 5.74) is 2.43. The number of hydrogen-bond donors (Lipinski definition) is 0. The van der Waals surface area contributed by atoms with Crippen molar-refractivity contribution in [1.82, 2.24) is 0 Å². The van der Waals surface area contributed by atoms with Crippen molar-refractivity contribution in [1.29, 1.82) is 10.5 Å². The van der Waals surface area contributed by atoms with Crippen LogP contribution < -0.4 is 0 Å². The molecule has 2 nitrogen and oxygen atoms in total. The van der Waals surface area contributed by atoms with Crippen LogP contribution in [0.3, 0.4) is 0 Å². The summed E-state index contributed by atoms with van der Waals surface area (Å²) in [4.78, 5) is 0.